The van der Waals surface area contributed by atoms with Gasteiger partial charge in [-0.05, 0) is 31.0 Å². The number of H-pyrrole nitrogens is 1. The topological polar surface area (TPSA) is 53.6 Å². The van der Waals surface area contributed by atoms with Crippen LogP contribution in [0.4, 0.5) is 19.0 Å². The standard InChI is InChI=1S/C19H19F3N4/c20-19(21,22)13-8-6-12(7-9-13)17-16-15(25-26-17)10-11-23-18(16)24-14-4-2-1-3-5-14/h6-11,14H,1-5H2,(H,23,24)(H,25,26). The summed E-state index contributed by atoms with van der Waals surface area (Å²) < 4.78 is 38.4. The van der Waals surface area contributed by atoms with E-state index >= 15 is 0 Å². The van der Waals surface area contributed by atoms with Crippen LogP contribution in [0.1, 0.15) is 37.7 Å². The van der Waals surface area contributed by atoms with Crippen molar-refractivity contribution in [1.82, 2.24) is 15.2 Å². The molecule has 4 nitrogen and oxygen atoms in total. The van der Waals surface area contributed by atoms with Crippen LogP contribution in [0.2, 0.25) is 0 Å². The summed E-state index contributed by atoms with van der Waals surface area (Å²) >= 11 is 0. The van der Waals surface area contributed by atoms with E-state index in [0.717, 1.165) is 41.7 Å². The number of hydrogen-bond acceptors (Lipinski definition) is 3. The van der Waals surface area contributed by atoms with Crippen LogP contribution in [0.25, 0.3) is 22.2 Å². The molecule has 1 aliphatic rings. The smallest absolute Gasteiger partial charge is 0.367 e. The Morgan fingerprint density at radius 2 is 1.73 bits per heavy atom. The van der Waals surface area contributed by atoms with Crippen LogP contribution >= 0.6 is 0 Å². The number of hydrogen-bond donors (Lipinski definition) is 2. The Kier molecular flexibility index (Phi) is 4.30. The van der Waals surface area contributed by atoms with Gasteiger partial charge in [0.2, 0.25) is 0 Å². The quantitative estimate of drug-likeness (QED) is 0.658. The summed E-state index contributed by atoms with van der Waals surface area (Å²) in [5.41, 5.74) is 1.39. The Labute approximate surface area is 148 Å². The number of anilines is 1. The van der Waals surface area contributed by atoms with Crippen LogP contribution < -0.4 is 5.32 Å². The highest BCUT2D eigenvalue weighted by Crippen LogP contribution is 2.35. The third-order valence-corrected chi connectivity index (χ3v) is 4.91. The van der Waals surface area contributed by atoms with Gasteiger partial charge in [0.15, 0.2) is 0 Å². The maximum absolute atomic E-state index is 12.8. The van der Waals surface area contributed by atoms with Crippen LogP contribution in [-0.2, 0) is 6.18 Å². The fourth-order valence-corrected chi connectivity index (χ4v) is 3.54. The van der Waals surface area contributed by atoms with E-state index in [2.05, 4.69) is 20.5 Å². The Bertz CT molecular complexity index is 893. The highest BCUT2D eigenvalue weighted by atomic mass is 19.4. The molecule has 136 valence electrons. The van der Waals surface area contributed by atoms with Gasteiger partial charge in [0, 0.05) is 17.8 Å². The van der Waals surface area contributed by atoms with Gasteiger partial charge in [0.05, 0.1) is 16.5 Å². The number of nitrogens with zero attached hydrogens (tertiary/aromatic N) is 2. The largest absolute Gasteiger partial charge is 0.416 e. The van der Waals surface area contributed by atoms with Gasteiger partial charge in [-0.1, -0.05) is 31.4 Å². The lowest BCUT2D eigenvalue weighted by molar-refractivity contribution is -0.137. The van der Waals surface area contributed by atoms with Gasteiger partial charge < -0.3 is 5.32 Å². The molecule has 26 heavy (non-hydrogen) atoms. The van der Waals surface area contributed by atoms with Crippen LogP contribution in [-0.4, -0.2) is 21.2 Å². The Balaban J connectivity index is 1.71. The molecule has 1 saturated carbocycles. The summed E-state index contributed by atoms with van der Waals surface area (Å²) in [4.78, 5) is 4.47. The molecule has 0 spiro atoms. The molecular weight excluding hydrogens is 341 g/mol. The van der Waals surface area contributed by atoms with Gasteiger partial charge in [-0.3, -0.25) is 5.10 Å². The SMILES string of the molecule is FC(F)(F)c1ccc(-c2n[nH]c3ccnc(NC4CCCCC4)c23)cc1. The first-order valence-electron chi connectivity index (χ1n) is 8.79. The summed E-state index contributed by atoms with van der Waals surface area (Å²) in [6, 6.07) is 7.27. The van der Waals surface area contributed by atoms with Gasteiger partial charge in [-0.25, -0.2) is 4.98 Å². The highest BCUT2D eigenvalue weighted by Gasteiger charge is 2.30. The second kappa shape index (κ2) is 6.63. The third kappa shape index (κ3) is 3.25. The molecule has 0 atom stereocenters. The van der Waals surface area contributed by atoms with Crippen molar-refractivity contribution in [3.05, 3.63) is 42.1 Å². The minimum absolute atomic E-state index is 0.372. The molecule has 1 fully saturated rings. The molecule has 1 aromatic carbocycles. The summed E-state index contributed by atoms with van der Waals surface area (Å²) in [6.07, 6.45) is 3.23. The first-order valence-corrected chi connectivity index (χ1v) is 8.79. The molecule has 0 bridgehead atoms. The monoisotopic (exact) mass is 360 g/mol. The average molecular weight is 360 g/mol. The molecule has 3 aromatic rings. The second-order valence-corrected chi connectivity index (χ2v) is 6.71. The number of halogens is 3. The van der Waals surface area contributed by atoms with Crippen LogP contribution in [0.5, 0.6) is 0 Å². The zero-order valence-electron chi connectivity index (χ0n) is 14.1. The van der Waals surface area contributed by atoms with Crippen LogP contribution in [0, 0.1) is 0 Å². The third-order valence-electron chi connectivity index (χ3n) is 4.91. The average Bonchev–Trinajstić information content (AvgIpc) is 3.07. The molecule has 7 heteroatoms. The van der Waals surface area contributed by atoms with E-state index in [0.29, 0.717) is 17.3 Å². The fourth-order valence-electron chi connectivity index (χ4n) is 3.54. The van der Waals surface area contributed by atoms with Crippen LogP contribution in [0.3, 0.4) is 0 Å². The van der Waals surface area contributed by atoms with Gasteiger partial charge in [0.25, 0.3) is 0 Å². The summed E-state index contributed by atoms with van der Waals surface area (Å²) in [5.74, 6) is 0.734. The summed E-state index contributed by atoms with van der Waals surface area (Å²) in [6.45, 7) is 0. The van der Waals surface area contributed by atoms with E-state index in [1.165, 1.54) is 31.4 Å². The first-order chi connectivity index (χ1) is 12.5. The Morgan fingerprint density at radius 1 is 1.00 bits per heavy atom. The van der Waals surface area contributed by atoms with Gasteiger partial charge >= 0.3 is 6.18 Å². The van der Waals surface area contributed by atoms with Crippen molar-refractivity contribution in [2.45, 2.75) is 44.3 Å². The van der Waals surface area contributed by atoms with E-state index < -0.39 is 11.7 Å². The minimum atomic E-state index is -4.35. The molecule has 0 aliphatic heterocycles. The minimum Gasteiger partial charge on any atom is -0.367 e. The number of fused-ring (bicyclic) bond motifs is 1. The number of alkyl halides is 3. The molecule has 1 aliphatic carbocycles. The van der Waals surface area contributed by atoms with Crippen molar-refractivity contribution in [3.8, 4) is 11.3 Å². The molecule has 2 N–H and O–H groups in total. The Morgan fingerprint density at radius 3 is 2.42 bits per heavy atom. The van der Waals surface area contributed by atoms with Crippen molar-refractivity contribution < 1.29 is 13.2 Å². The zero-order valence-corrected chi connectivity index (χ0v) is 14.1. The molecule has 2 aromatic heterocycles. The lowest BCUT2D eigenvalue weighted by Gasteiger charge is -2.23. The van der Waals surface area contributed by atoms with Crippen molar-refractivity contribution >= 4 is 16.7 Å². The van der Waals surface area contributed by atoms with Crippen molar-refractivity contribution in [2.75, 3.05) is 5.32 Å². The van der Waals surface area contributed by atoms with Gasteiger partial charge in [-0.15, -0.1) is 0 Å². The second-order valence-electron chi connectivity index (χ2n) is 6.71. The van der Waals surface area contributed by atoms with E-state index in [9.17, 15) is 13.2 Å². The Hall–Kier alpha value is -2.57. The molecule has 4 rings (SSSR count). The number of rotatable bonds is 3. The predicted octanol–water partition coefficient (Wildman–Crippen LogP) is 5.39. The maximum atomic E-state index is 12.8. The van der Waals surface area contributed by atoms with Gasteiger partial charge in [-0.2, -0.15) is 18.3 Å². The summed E-state index contributed by atoms with van der Waals surface area (Å²) in [5, 5.41) is 11.6. The summed E-state index contributed by atoms with van der Waals surface area (Å²) in [7, 11) is 0. The van der Waals surface area contributed by atoms with E-state index in [4.69, 9.17) is 0 Å². The fraction of sp³-hybridized carbons (Fsp3) is 0.368. The van der Waals surface area contributed by atoms with Crippen LogP contribution in [0.15, 0.2) is 36.5 Å². The van der Waals surface area contributed by atoms with Crippen molar-refractivity contribution in [2.24, 2.45) is 0 Å². The first kappa shape index (κ1) is 16.9. The zero-order chi connectivity index (χ0) is 18.1. The maximum Gasteiger partial charge on any atom is 0.416 e. The van der Waals surface area contributed by atoms with Crippen molar-refractivity contribution in [3.63, 3.8) is 0 Å². The van der Waals surface area contributed by atoms with Crippen molar-refractivity contribution in [1.29, 1.82) is 0 Å². The molecule has 0 unspecified atom stereocenters. The molecule has 2 heterocycles. The predicted molar refractivity (Wildman–Crippen MR) is 94.8 cm³/mol. The molecule has 0 radical (unpaired) electrons. The molecular formula is C19H19F3N4. The normalized spacial score (nSPS) is 16.1. The van der Waals surface area contributed by atoms with E-state index in [1.54, 1.807) is 6.20 Å². The van der Waals surface area contributed by atoms with Gasteiger partial charge in [0.1, 0.15) is 11.5 Å². The number of nitrogens with one attached hydrogen (secondary N) is 2. The highest BCUT2D eigenvalue weighted by molar-refractivity contribution is 6.00. The number of aromatic amines is 1. The van der Waals surface area contributed by atoms with E-state index in [-0.39, 0.29) is 0 Å². The van der Waals surface area contributed by atoms with E-state index in [1.807, 2.05) is 6.07 Å². The number of benzene rings is 1. The number of aromatic nitrogens is 3. The molecule has 0 amide bonds. The molecule has 0 saturated heterocycles. The number of pyridine rings is 1. The lowest BCUT2D eigenvalue weighted by Crippen LogP contribution is -2.22. The lowest BCUT2D eigenvalue weighted by atomic mass is 9.95.